The smallest absolute Gasteiger partial charge is 0.137 e. The molecule has 1 aromatic heterocycles. The van der Waals surface area contributed by atoms with E-state index in [4.69, 9.17) is 9.47 Å². The summed E-state index contributed by atoms with van der Waals surface area (Å²) in [5.41, 5.74) is 0.707. The van der Waals surface area contributed by atoms with Gasteiger partial charge in [-0.1, -0.05) is 44.2 Å². The van der Waals surface area contributed by atoms with E-state index in [1.807, 2.05) is 30.3 Å². The van der Waals surface area contributed by atoms with Crippen LogP contribution in [0, 0.1) is 0 Å². The van der Waals surface area contributed by atoms with Crippen LogP contribution in [0.2, 0.25) is 0 Å². The third-order valence-electron chi connectivity index (χ3n) is 4.19. The highest BCUT2D eigenvalue weighted by molar-refractivity contribution is 9.10. The topological polar surface area (TPSA) is 38.7 Å². The lowest BCUT2D eigenvalue weighted by Gasteiger charge is -2.18. The standard InChI is InChI=1S/C22H23BrO3S/c1-3-5-11-26-19-14-18(25-10-4-2)16(13-17(19)23)22(24)21-12-15-8-6-7-9-20(15)27-21/h4,6-9,12-14,22,24H,2-3,5,10-11H2,1H3. The molecule has 3 rings (SSSR count). The molecule has 0 amide bonds. The zero-order chi connectivity index (χ0) is 19.2. The third-order valence-corrected chi connectivity index (χ3v) is 5.97. The lowest BCUT2D eigenvalue weighted by Crippen LogP contribution is -2.05. The van der Waals surface area contributed by atoms with Crippen LogP contribution in [0.1, 0.15) is 36.3 Å². The second kappa shape index (κ2) is 9.40. The molecule has 0 spiro atoms. The average molecular weight is 447 g/mol. The van der Waals surface area contributed by atoms with Crippen LogP contribution < -0.4 is 9.47 Å². The van der Waals surface area contributed by atoms with Gasteiger partial charge in [0.2, 0.25) is 0 Å². The highest BCUT2D eigenvalue weighted by atomic mass is 79.9. The molecule has 0 fully saturated rings. The molecule has 1 unspecified atom stereocenters. The first-order valence-electron chi connectivity index (χ1n) is 9.00. The molecular formula is C22H23BrO3S. The molecule has 5 heteroatoms. The lowest BCUT2D eigenvalue weighted by atomic mass is 10.1. The van der Waals surface area contributed by atoms with Gasteiger partial charge in [0.25, 0.3) is 0 Å². The number of thiophene rings is 1. The number of ether oxygens (including phenoxy) is 2. The van der Waals surface area contributed by atoms with Crippen LogP contribution in [-0.4, -0.2) is 18.3 Å². The summed E-state index contributed by atoms with van der Waals surface area (Å²) in [5, 5.41) is 12.2. The first kappa shape index (κ1) is 19.9. The Balaban J connectivity index is 1.95. The molecule has 1 atom stereocenters. The molecule has 3 aromatic rings. The Morgan fingerprint density at radius 3 is 2.74 bits per heavy atom. The van der Waals surface area contributed by atoms with Crippen molar-refractivity contribution < 1.29 is 14.6 Å². The van der Waals surface area contributed by atoms with E-state index in [1.54, 1.807) is 17.4 Å². The van der Waals surface area contributed by atoms with Crippen molar-refractivity contribution in [1.82, 2.24) is 0 Å². The number of hydrogen-bond donors (Lipinski definition) is 1. The van der Waals surface area contributed by atoms with Gasteiger partial charge in [0, 0.05) is 21.2 Å². The SMILES string of the molecule is C=CCOc1cc(OCCCC)c(Br)cc1C(O)c1cc2ccccc2s1. The fraction of sp³-hybridized carbons (Fsp3) is 0.273. The first-order valence-corrected chi connectivity index (χ1v) is 10.6. The summed E-state index contributed by atoms with van der Waals surface area (Å²) in [6.45, 7) is 6.85. The van der Waals surface area contributed by atoms with E-state index in [9.17, 15) is 5.11 Å². The largest absolute Gasteiger partial charge is 0.492 e. The quantitative estimate of drug-likeness (QED) is 0.301. The van der Waals surface area contributed by atoms with Crippen LogP contribution in [-0.2, 0) is 0 Å². The number of fused-ring (bicyclic) bond motifs is 1. The first-order chi connectivity index (χ1) is 13.1. The van der Waals surface area contributed by atoms with Gasteiger partial charge in [-0.15, -0.1) is 11.3 Å². The third kappa shape index (κ3) is 4.72. The van der Waals surface area contributed by atoms with Crippen molar-refractivity contribution >= 4 is 37.4 Å². The molecule has 1 N–H and O–H groups in total. The van der Waals surface area contributed by atoms with Gasteiger partial charge in [0.05, 0.1) is 11.1 Å². The molecular weight excluding hydrogens is 424 g/mol. The monoisotopic (exact) mass is 446 g/mol. The van der Waals surface area contributed by atoms with Crippen LogP contribution in [0.25, 0.3) is 10.1 Å². The van der Waals surface area contributed by atoms with Crippen LogP contribution in [0.15, 0.2) is 59.6 Å². The van der Waals surface area contributed by atoms with Crippen molar-refractivity contribution in [3.63, 3.8) is 0 Å². The average Bonchev–Trinajstić information content (AvgIpc) is 3.11. The lowest BCUT2D eigenvalue weighted by molar-refractivity contribution is 0.216. The van der Waals surface area contributed by atoms with E-state index in [1.165, 1.54) is 0 Å². The van der Waals surface area contributed by atoms with E-state index in [-0.39, 0.29) is 0 Å². The van der Waals surface area contributed by atoms with Crippen molar-refractivity contribution in [3.8, 4) is 11.5 Å². The molecule has 0 aliphatic heterocycles. The summed E-state index contributed by atoms with van der Waals surface area (Å²) in [7, 11) is 0. The number of unbranched alkanes of at least 4 members (excludes halogenated alkanes) is 1. The summed E-state index contributed by atoms with van der Waals surface area (Å²) < 4.78 is 13.6. The van der Waals surface area contributed by atoms with Gasteiger partial charge in [-0.3, -0.25) is 0 Å². The highest BCUT2D eigenvalue weighted by Crippen LogP contribution is 2.41. The summed E-state index contributed by atoms with van der Waals surface area (Å²) in [6, 6.07) is 13.9. The van der Waals surface area contributed by atoms with Gasteiger partial charge >= 0.3 is 0 Å². The van der Waals surface area contributed by atoms with Crippen LogP contribution in [0.5, 0.6) is 11.5 Å². The van der Waals surface area contributed by atoms with Crippen molar-refractivity contribution in [2.24, 2.45) is 0 Å². The molecule has 2 aromatic carbocycles. The zero-order valence-electron chi connectivity index (χ0n) is 15.3. The molecule has 0 aliphatic rings. The summed E-state index contributed by atoms with van der Waals surface area (Å²) in [5.74, 6) is 1.32. The summed E-state index contributed by atoms with van der Waals surface area (Å²) in [4.78, 5) is 0.881. The highest BCUT2D eigenvalue weighted by Gasteiger charge is 2.21. The molecule has 0 bridgehead atoms. The Hall–Kier alpha value is -1.82. The summed E-state index contributed by atoms with van der Waals surface area (Å²) in [6.07, 6.45) is 2.97. The molecule has 1 heterocycles. The maximum absolute atomic E-state index is 11.0. The fourth-order valence-electron chi connectivity index (χ4n) is 2.77. The van der Waals surface area contributed by atoms with Gasteiger partial charge < -0.3 is 14.6 Å². The Kier molecular flexibility index (Phi) is 6.94. The zero-order valence-corrected chi connectivity index (χ0v) is 17.7. The van der Waals surface area contributed by atoms with E-state index in [0.29, 0.717) is 24.5 Å². The Labute approximate surface area is 172 Å². The van der Waals surface area contributed by atoms with Crippen molar-refractivity contribution in [2.45, 2.75) is 25.9 Å². The van der Waals surface area contributed by atoms with Gasteiger partial charge in [-0.05, 0) is 45.9 Å². The molecule has 3 nitrogen and oxygen atoms in total. The van der Waals surface area contributed by atoms with Gasteiger partial charge in [-0.2, -0.15) is 0 Å². The van der Waals surface area contributed by atoms with Gasteiger partial charge in [0.15, 0.2) is 0 Å². The van der Waals surface area contributed by atoms with E-state index >= 15 is 0 Å². The van der Waals surface area contributed by atoms with Crippen LogP contribution in [0.4, 0.5) is 0 Å². The molecule has 0 saturated carbocycles. The predicted octanol–water partition coefficient (Wildman–Crippen LogP) is 6.49. The Morgan fingerprint density at radius 1 is 1.19 bits per heavy atom. The van der Waals surface area contributed by atoms with Crippen molar-refractivity contribution in [1.29, 1.82) is 0 Å². The molecule has 142 valence electrons. The number of rotatable bonds is 9. The Bertz CT molecular complexity index is 886. The van der Waals surface area contributed by atoms with E-state index in [0.717, 1.165) is 38.0 Å². The minimum Gasteiger partial charge on any atom is -0.492 e. The maximum Gasteiger partial charge on any atom is 0.137 e. The Morgan fingerprint density at radius 2 is 2.00 bits per heavy atom. The van der Waals surface area contributed by atoms with Gasteiger partial charge in [-0.25, -0.2) is 0 Å². The van der Waals surface area contributed by atoms with Crippen LogP contribution in [0.3, 0.4) is 0 Å². The maximum atomic E-state index is 11.0. The number of halogens is 1. The fourth-order valence-corrected chi connectivity index (χ4v) is 4.31. The number of aliphatic hydroxyl groups excluding tert-OH is 1. The number of benzene rings is 2. The predicted molar refractivity (Wildman–Crippen MR) is 116 cm³/mol. The second-order valence-electron chi connectivity index (χ2n) is 6.21. The summed E-state index contributed by atoms with van der Waals surface area (Å²) >= 11 is 5.16. The number of hydrogen-bond acceptors (Lipinski definition) is 4. The van der Waals surface area contributed by atoms with E-state index in [2.05, 4.69) is 41.6 Å². The normalized spacial score (nSPS) is 12.1. The van der Waals surface area contributed by atoms with Crippen molar-refractivity contribution in [2.75, 3.05) is 13.2 Å². The minimum absolute atomic E-state index is 0.363. The van der Waals surface area contributed by atoms with Crippen molar-refractivity contribution in [3.05, 3.63) is 70.0 Å². The molecule has 0 radical (unpaired) electrons. The molecule has 0 aliphatic carbocycles. The molecule has 0 saturated heterocycles. The van der Waals surface area contributed by atoms with Gasteiger partial charge in [0.1, 0.15) is 24.2 Å². The second-order valence-corrected chi connectivity index (χ2v) is 8.18. The molecule has 27 heavy (non-hydrogen) atoms. The minimum atomic E-state index is -0.775. The van der Waals surface area contributed by atoms with E-state index < -0.39 is 6.10 Å². The number of aliphatic hydroxyl groups is 1. The van der Waals surface area contributed by atoms with Crippen LogP contribution >= 0.6 is 27.3 Å².